The van der Waals surface area contributed by atoms with Crippen molar-refractivity contribution in [3.05, 3.63) is 24.4 Å². The van der Waals surface area contributed by atoms with Crippen LogP contribution in [0.4, 0.5) is 0 Å². The van der Waals surface area contributed by atoms with Crippen LogP contribution in [0, 0.1) is 0 Å². The predicted octanol–water partition coefficient (Wildman–Crippen LogP) is 0.314. The quantitative estimate of drug-likeness (QED) is 0.535. The van der Waals surface area contributed by atoms with Crippen molar-refractivity contribution in [2.45, 2.75) is 13.0 Å². The van der Waals surface area contributed by atoms with Gasteiger partial charge in [-0.1, -0.05) is 19.0 Å². The van der Waals surface area contributed by atoms with E-state index < -0.39 is 0 Å². The van der Waals surface area contributed by atoms with Gasteiger partial charge in [0, 0.05) is 11.5 Å². The van der Waals surface area contributed by atoms with Gasteiger partial charge in [0.1, 0.15) is 0 Å². The van der Waals surface area contributed by atoms with E-state index in [-0.39, 0.29) is 9.52 Å². The van der Waals surface area contributed by atoms with Gasteiger partial charge in [-0.3, -0.25) is 4.98 Å². The van der Waals surface area contributed by atoms with Crippen molar-refractivity contribution in [2.24, 2.45) is 0 Å². The van der Waals surface area contributed by atoms with E-state index in [2.05, 4.69) is 24.0 Å². The smallest absolute Gasteiger partial charge is 0.0782 e. The lowest BCUT2D eigenvalue weighted by Gasteiger charge is -1.91. The summed E-state index contributed by atoms with van der Waals surface area (Å²) in [4.78, 5) is 4.23. The highest BCUT2D eigenvalue weighted by Crippen LogP contribution is 1.77. The molecule has 0 N–H and O–H groups in total. The van der Waals surface area contributed by atoms with E-state index in [9.17, 15) is 0 Å². The van der Waals surface area contributed by atoms with E-state index in [0.29, 0.717) is 0 Å². The molecule has 0 saturated carbocycles. The van der Waals surface area contributed by atoms with E-state index in [1.807, 2.05) is 12.3 Å². The standard InChI is InChI=1S/C7H11NSi/c1-2-9-7-5-3-4-6-8-7/h3-6H,2,9H2,1H3. The number of hydrogen-bond acceptors (Lipinski definition) is 1. The number of hydrogen-bond donors (Lipinski definition) is 0. The fraction of sp³-hybridized carbons (Fsp3) is 0.286. The minimum Gasteiger partial charge on any atom is -0.267 e. The Labute approximate surface area is 58.0 Å². The first-order valence-electron chi connectivity index (χ1n) is 3.33. The Morgan fingerprint density at radius 2 is 2.44 bits per heavy atom. The zero-order valence-electron chi connectivity index (χ0n) is 5.67. The lowest BCUT2D eigenvalue weighted by Crippen LogP contribution is -2.15. The maximum atomic E-state index is 4.23. The summed E-state index contributed by atoms with van der Waals surface area (Å²) in [5.41, 5.74) is 0. The van der Waals surface area contributed by atoms with Crippen LogP contribution in [0.3, 0.4) is 0 Å². The SMILES string of the molecule is CC[SiH2]c1ccccn1. The third kappa shape index (κ3) is 1.97. The van der Waals surface area contributed by atoms with Gasteiger partial charge in [0.15, 0.2) is 0 Å². The van der Waals surface area contributed by atoms with Crippen molar-refractivity contribution in [3.63, 3.8) is 0 Å². The minimum atomic E-state index is -0.0121. The molecule has 1 aromatic rings. The fourth-order valence-corrected chi connectivity index (χ4v) is 1.85. The summed E-state index contributed by atoms with van der Waals surface area (Å²) in [7, 11) is -0.0121. The molecule has 0 bridgehead atoms. The summed E-state index contributed by atoms with van der Waals surface area (Å²) in [6.45, 7) is 2.22. The first-order valence-corrected chi connectivity index (χ1v) is 5.04. The van der Waals surface area contributed by atoms with Gasteiger partial charge in [-0.2, -0.15) is 0 Å². The lowest BCUT2D eigenvalue weighted by atomic mass is 10.5. The molecule has 0 aromatic carbocycles. The first kappa shape index (κ1) is 6.49. The van der Waals surface area contributed by atoms with Crippen LogP contribution < -0.4 is 5.32 Å². The highest BCUT2D eigenvalue weighted by Gasteiger charge is 1.87. The Morgan fingerprint density at radius 3 is 3.00 bits per heavy atom. The van der Waals surface area contributed by atoms with Crippen LogP contribution in [0.2, 0.25) is 6.04 Å². The average molecular weight is 137 g/mol. The summed E-state index contributed by atoms with van der Waals surface area (Å²) < 4.78 is 0. The number of pyridine rings is 1. The average Bonchev–Trinajstić information content (AvgIpc) is 1.91. The molecule has 0 spiro atoms. The van der Waals surface area contributed by atoms with Crippen LogP contribution in [0.15, 0.2) is 24.4 Å². The Kier molecular flexibility index (Phi) is 2.45. The van der Waals surface area contributed by atoms with Gasteiger partial charge in [-0.15, -0.1) is 0 Å². The van der Waals surface area contributed by atoms with Crippen LogP contribution in [0.25, 0.3) is 0 Å². The van der Waals surface area contributed by atoms with Gasteiger partial charge in [0.05, 0.1) is 9.52 Å². The van der Waals surface area contributed by atoms with Crippen molar-refractivity contribution in [2.75, 3.05) is 0 Å². The molecule has 0 saturated heterocycles. The van der Waals surface area contributed by atoms with Crippen LogP contribution in [-0.2, 0) is 0 Å². The summed E-state index contributed by atoms with van der Waals surface area (Å²) in [5.74, 6) is 0. The van der Waals surface area contributed by atoms with Crippen LogP contribution in [-0.4, -0.2) is 14.5 Å². The monoisotopic (exact) mass is 137 g/mol. The molecule has 1 aromatic heterocycles. The third-order valence-corrected chi connectivity index (χ3v) is 2.66. The minimum absolute atomic E-state index is 0.0121. The highest BCUT2D eigenvalue weighted by molar-refractivity contribution is 6.52. The largest absolute Gasteiger partial charge is 0.267 e. The van der Waals surface area contributed by atoms with E-state index in [1.54, 1.807) is 0 Å². The maximum absolute atomic E-state index is 4.23. The Morgan fingerprint density at radius 1 is 1.56 bits per heavy atom. The molecule has 0 atom stereocenters. The van der Waals surface area contributed by atoms with Crippen LogP contribution in [0.5, 0.6) is 0 Å². The molecule has 1 heterocycles. The van der Waals surface area contributed by atoms with E-state index >= 15 is 0 Å². The molecule has 0 amide bonds. The molecule has 0 aliphatic carbocycles. The molecule has 1 rings (SSSR count). The number of nitrogens with zero attached hydrogens (tertiary/aromatic N) is 1. The second kappa shape index (κ2) is 3.40. The van der Waals surface area contributed by atoms with Gasteiger partial charge in [-0.05, 0) is 12.1 Å². The fourth-order valence-electron chi connectivity index (χ4n) is 0.802. The normalized spacial score (nSPS) is 10.8. The van der Waals surface area contributed by atoms with E-state index in [0.717, 1.165) is 0 Å². The van der Waals surface area contributed by atoms with Gasteiger partial charge in [0.25, 0.3) is 0 Å². The second-order valence-corrected chi connectivity index (χ2v) is 4.30. The predicted molar refractivity (Wildman–Crippen MR) is 42.9 cm³/mol. The molecule has 0 aliphatic heterocycles. The molecule has 48 valence electrons. The molecule has 2 heteroatoms. The lowest BCUT2D eigenvalue weighted by molar-refractivity contribution is 1.36. The van der Waals surface area contributed by atoms with Crippen molar-refractivity contribution in [1.29, 1.82) is 0 Å². The third-order valence-electron chi connectivity index (χ3n) is 1.23. The molecule has 0 fully saturated rings. The maximum Gasteiger partial charge on any atom is 0.0782 e. The second-order valence-electron chi connectivity index (χ2n) is 2.07. The molecule has 0 aliphatic rings. The van der Waals surface area contributed by atoms with Gasteiger partial charge < -0.3 is 0 Å². The summed E-state index contributed by atoms with van der Waals surface area (Å²) in [6.07, 6.45) is 1.87. The van der Waals surface area contributed by atoms with Crippen LogP contribution >= 0.6 is 0 Å². The topological polar surface area (TPSA) is 12.9 Å². The molecule has 0 radical (unpaired) electrons. The molecule has 0 unspecified atom stereocenters. The highest BCUT2D eigenvalue weighted by atomic mass is 28.2. The van der Waals surface area contributed by atoms with Crippen LogP contribution in [0.1, 0.15) is 6.92 Å². The van der Waals surface area contributed by atoms with Crippen molar-refractivity contribution >= 4 is 14.8 Å². The van der Waals surface area contributed by atoms with Crippen molar-refractivity contribution in [1.82, 2.24) is 4.98 Å². The van der Waals surface area contributed by atoms with Crippen molar-refractivity contribution in [3.8, 4) is 0 Å². The van der Waals surface area contributed by atoms with Gasteiger partial charge >= 0.3 is 0 Å². The molecule has 9 heavy (non-hydrogen) atoms. The Hall–Kier alpha value is -0.633. The van der Waals surface area contributed by atoms with E-state index in [1.165, 1.54) is 11.4 Å². The Balaban J connectivity index is 2.61. The van der Waals surface area contributed by atoms with Gasteiger partial charge in [0.2, 0.25) is 0 Å². The summed E-state index contributed by atoms with van der Waals surface area (Å²) in [5, 5.41) is 1.33. The summed E-state index contributed by atoms with van der Waals surface area (Å²) in [6, 6.07) is 7.46. The Bertz CT molecular complexity index is 162. The van der Waals surface area contributed by atoms with Crippen molar-refractivity contribution < 1.29 is 0 Å². The molecule has 1 nitrogen and oxygen atoms in total. The van der Waals surface area contributed by atoms with E-state index in [4.69, 9.17) is 0 Å². The number of rotatable bonds is 2. The van der Waals surface area contributed by atoms with Gasteiger partial charge in [-0.25, -0.2) is 0 Å². The summed E-state index contributed by atoms with van der Waals surface area (Å²) >= 11 is 0. The molecular formula is C7H11NSi. The first-order chi connectivity index (χ1) is 4.43. The molecular weight excluding hydrogens is 126 g/mol. The zero-order chi connectivity index (χ0) is 6.53. The number of aromatic nitrogens is 1. The zero-order valence-corrected chi connectivity index (χ0v) is 7.09.